The number of nitrogens with zero attached hydrogens (tertiary/aromatic N) is 1. The highest BCUT2D eigenvalue weighted by Gasteiger charge is 2.30. The number of hydrogen-bond donors (Lipinski definition) is 0. The summed E-state index contributed by atoms with van der Waals surface area (Å²) in [6, 6.07) is 1.97. The third-order valence-corrected chi connectivity index (χ3v) is 2.73. The molecule has 0 aliphatic rings. The predicted octanol–water partition coefficient (Wildman–Crippen LogP) is 3.43. The molecule has 0 unspecified atom stereocenters. The van der Waals surface area contributed by atoms with E-state index in [4.69, 9.17) is 11.6 Å². The van der Waals surface area contributed by atoms with Crippen molar-refractivity contribution in [2.75, 3.05) is 11.6 Å². The van der Waals surface area contributed by atoms with Gasteiger partial charge in [-0.15, -0.1) is 23.4 Å². The molecule has 0 spiro atoms. The van der Waals surface area contributed by atoms with Crippen molar-refractivity contribution in [1.29, 1.82) is 0 Å². The molecule has 0 saturated heterocycles. The Morgan fingerprint density at radius 1 is 1.43 bits per heavy atom. The van der Waals surface area contributed by atoms with Gasteiger partial charge in [-0.05, 0) is 12.1 Å². The van der Waals surface area contributed by atoms with Crippen molar-refractivity contribution in [3.05, 3.63) is 23.9 Å². The first-order chi connectivity index (χ1) is 6.54. The van der Waals surface area contributed by atoms with Gasteiger partial charge in [0.1, 0.15) is 0 Å². The quantitative estimate of drug-likeness (QED) is 0.594. The number of halogens is 4. The highest BCUT2D eigenvalue weighted by molar-refractivity contribution is 7.99. The van der Waals surface area contributed by atoms with E-state index in [2.05, 4.69) is 4.98 Å². The highest BCUT2D eigenvalue weighted by Crippen LogP contribution is 2.30. The summed E-state index contributed by atoms with van der Waals surface area (Å²) in [6.07, 6.45) is -3.15. The number of pyridine rings is 1. The minimum absolute atomic E-state index is 0.348. The molecule has 0 aromatic carbocycles. The molecule has 0 aliphatic heterocycles. The van der Waals surface area contributed by atoms with E-state index in [0.717, 1.165) is 18.3 Å². The maximum atomic E-state index is 12.2. The highest BCUT2D eigenvalue weighted by atomic mass is 35.5. The molecule has 1 aromatic heterocycles. The van der Waals surface area contributed by atoms with Gasteiger partial charge in [-0.3, -0.25) is 0 Å². The van der Waals surface area contributed by atoms with Crippen LogP contribution in [0.15, 0.2) is 23.4 Å². The molecule has 1 rings (SSSR count). The van der Waals surface area contributed by atoms with Gasteiger partial charge in [0, 0.05) is 17.8 Å². The summed E-state index contributed by atoms with van der Waals surface area (Å²) in [4.78, 5) is 3.79. The summed E-state index contributed by atoms with van der Waals surface area (Å²) in [7, 11) is 0. The SMILES string of the molecule is FC(F)(F)c1ccnc(SCCCl)c1. The monoisotopic (exact) mass is 241 g/mol. The fourth-order valence-electron chi connectivity index (χ4n) is 0.808. The first-order valence-electron chi connectivity index (χ1n) is 3.76. The van der Waals surface area contributed by atoms with Gasteiger partial charge in [0.05, 0.1) is 10.6 Å². The standard InChI is InChI=1S/C8H7ClF3NS/c9-2-4-14-7-5-6(1-3-13-7)8(10,11)12/h1,3,5H,2,4H2. The summed E-state index contributed by atoms with van der Waals surface area (Å²) < 4.78 is 36.7. The maximum Gasteiger partial charge on any atom is 0.416 e. The molecule has 0 atom stereocenters. The van der Waals surface area contributed by atoms with E-state index in [-0.39, 0.29) is 0 Å². The molecule has 1 aromatic rings. The Hall–Kier alpha value is -0.420. The summed E-state index contributed by atoms with van der Waals surface area (Å²) in [5, 5.41) is 0.348. The van der Waals surface area contributed by atoms with E-state index in [9.17, 15) is 13.2 Å². The van der Waals surface area contributed by atoms with Gasteiger partial charge in [-0.1, -0.05) is 0 Å². The topological polar surface area (TPSA) is 12.9 Å². The van der Waals surface area contributed by atoms with Crippen molar-refractivity contribution in [2.45, 2.75) is 11.2 Å². The Morgan fingerprint density at radius 3 is 2.71 bits per heavy atom. The normalized spacial score (nSPS) is 11.7. The van der Waals surface area contributed by atoms with Gasteiger partial charge in [0.15, 0.2) is 0 Å². The summed E-state index contributed by atoms with van der Waals surface area (Å²) in [5.74, 6) is 0.943. The number of hydrogen-bond acceptors (Lipinski definition) is 2. The van der Waals surface area contributed by atoms with Crippen LogP contribution in [0.3, 0.4) is 0 Å². The van der Waals surface area contributed by atoms with Crippen molar-refractivity contribution in [1.82, 2.24) is 4.98 Å². The predicted molar refractivity (Wildman–Crippen MR) is 50.7 cm³/mol. The smallest absolute Gasteiger partial charge is 0.250 e. The average Bonchev–Trinajstić information content (AvgIpc) is 2.14. The minimum Gasteiger partial charge on any atom is -0.250 e. The molecular formula is C8H7ClF3NS. The van der Waals surface area contributed by atoms with Gasteiger partial charge < -0.3 is 0 Å². The van der Waals surface area contributed by atoms with Crippen LogP contribution in [0.2, 0.25) is 0 Å². The van der Waals surface area contributed by atoms with Crippen LogP contribution in [0.25, 0.3) is 0 Å². The van der Waals surface area contributed by atoms with E-state index in [0.29, 0.717) is 16.7 Å². The van der Waals surface area contributed by atoms with Crippen molar-refractivity contribution in [2.24, 2.45) is 0 Å². The van der Waals surface area contributed by atoms with Crippen LogP contribution in [0, 0.1) is 0 Å². The minimum atomic E-state index is -4.31. The Morgan fingerprint density at radius 2 is 2.14 bits per heavy atom. The van der Waals surface area contributed by atoms with E-state index >= 15 is 0 Å². The lowest BCUT2D eigenvalue weighted by atomic mass is 10.3. The first kappa shape index (κ1) is 11.7. The Bertz CT molecular complexity index is 303. The molecular weight excluding hydrogens is 235 g/mol. The summed E-state index contributed by atoms with van der Waals surface area (Å²) >= 11 is 6.62. The summed E-state index contributed by atoms with van der Waals surface area (Å²) in [5.41, 5.74) is -0.676. The fraction of sp³-hybridized carbons (Fsp3) is 0.375. The number of rotatable bonds is 3. The van der Waals surface area contributed by atoms with Crippen LogP contribution in [-0.4, -0.2) is 16.6 Å². The molecule has 14 heavy (non-hydrogen) atoms. The van der Waals surface area contributed by atoms with Crippen LogP contribution in [-0.2, 0) is 6.18 Å². The Balaban J connectivity index is 2.79. The molecule has 0 aliphatic carbocycles. The van der Waals surface area contributed by atoms with Gasteiger partial charge in [0.25, 0.3) is 0 Å². The van der Waals surface area contributed by atoms with Crippen LogP contribution in [0.5, 0.6) is 0 Å². The molecule has 0 N–H and O–H groups in total. The van der Waals surface area contributed by atoms with Gasteiger partial charge in [0.2, 0.25) is 0 Å². The molecule has 0 bridgehead atoms. The lowest BCUT2D eigenvalue weighted by Crippen LogP contribution is -2.05. The molecule has 1 heterocycles. The third kappa shape index (κ3) is 3.38. The van der Waals surface area contributed by atoms with E-state index in [1.165, 1.54) is 11.8 Å². The van der Waals surface area contributed by atoms with E-state index in [1.807, 2.05) is 0 Å². The zero-order valence-corrected chi connectivity index (χ0v) is 8.59. The third-order valence-electron chi connectivity index (χ3n) is 1.39. The second-order valence-electron chi connectivity index (χ2n) is 2.42. The number of alkyl halides is 4. The largest absolute Gasteiger partial charge is 0.416 e. The van der Waals surface area contributed by atoms with Crippen molar-refractivity contribution < 1.29 is 13.2 Å². The molecule has 0 radical (unpaired) electrons. The Kier molecular flexibility index (Phi) is 4.07. The lowest BCUT2D eigenvalue weighted by Gasteiger charge is -2.06. The van der Waals surface area contributed by atoms with E-state index < -0.39 is 11.7 Å². The molecule has 0 fully saturated rings. The van der Waals surface area contributed by atoms with Gasteiger partial charge >= 0.3 is 6.18 Å². The van der Waals surface area contributed by atoms with Gasteiger partial charge in [-0.25, -0.2) is 4.98 Å². The second kappa shape index (κ2) is 4.89. The number of aromatic nitrogens is 1. The van der Waals surface area contributed by atoms with Crippen molar-refractivity contribution in [3.8, 4) is 0 Å². The molecule has 78 valence electrons. The number of thioether (sulfide) groups is 1. The fourth-order valence-corrected chi connectivity index (χ4v) is 1.67. The summed E-state index contributed by atoms with van der Waals surface area (Å²) in [6.45, 7) is 0. The zero-order chi connectivity index (χ0) is 10.6. The van der Waals surface area contributed by atoms with E-state index in [1.54, 1.807) is 0 Å². The molecule has 0 saturated carbocycles. The Labute approximate surface area is 88.7 Å². The zero-order valence-electron chi connectivity index (χ0n) is 7.01. The maximum absolute atomic E-state index is 12.2. The van der Waals surface area contributed by atoms with Crippen LogP contribution in [0.1, 0.15) is 5.56 Å². The average molecular weight is 242 g/mol. The molecule has 6 heteroatoms. The van der Waals surface area contributed by atoms with Crippen LogP contribution < -0.4 is 0 Å². The van der Waals surface area contributed by atoms with Gasteiger partial charge in [-0.2, -0.15) is 13.2 Å². The molecule has 1 nitrogen and oxygen atoms in total. The lowest BCUT2D eigenvalue weighted by molar-refractivity contribution is -0.137. The second-order valence-corrected chi connectivity index (χ2v) is 3.91. The van der Waals surface area contributed by atoms with Crippen molar-refractivity contribution >= 4 is 23.4 Å². The van der Waals surface area contributed by atoms with Crippen LogP contribution >= 0.6 is 23.4 Å². The first-order valence-corrected chi connectivity index (χ1v) is 5.28. The van der Waals surface area contributed by atoms with Crippen LogP contribution in [0.4, 0.5) is 13.2 Å². The van der Waals surface area contributed by atoms with Crippen molar-refractivity contribution in [3.63, 3.8) is 0 Å². The molecule has 0 amide bonds.